The van der Waals surface area contributed by atoms with Gasteiger partial charge >= 0.3 is 0 Å². The molecule has 73 heavy (non-hydrogen) atoms. The summed E-state index contributed by atoms with van der Waals surface area (Å²) in [5, 5.41) is 4.91. The first-order chi connectivity index (χ1) is 35.7. The molecule has 11 aromatic carbocycles. The van der Waals surface area contributed by atoms with E-state index in [0.717, 1.165) is 17.1 Å². The predicted molar refractivity (Wildman–Crippen MR) is 309 cm³/mol. The summed E-state index contributed by atoms with van der Waals surface area (Å²) in [5.74, 6) is 0. The number of fused-ring (bicyclic) bond motifs is 8. The van der Waals surface area contributed by atoms with Gasteiger partial charge in [0.1, 0.15) is 0 Å². The van der Waals surface area contributed by atoms with Crippen LogP contribution in [0.25, 0.3) is 117 Å². The van der Waals surface area contributed by atoms with Gasteiger partial charge in [0.2, 0.25) is 0 Å². The molecule has 0 aliphatic heterocycles. The third kappa shape index (κ3) is 6.69. The molecule has 1 heteroatoms. The summed E-state index contributed by atoms with van der Waals surface area (Å²) in [5.41, 5.74) is 26.4. The second-order valence-corrected chi connectivity index (χ2v) is 21.2. The number of hydrogen-bond acceptors (Lipinski definition) is 0. The smallest absolute Gasteiger partial charge is 0.0535 e. The van der Waals surface area contributed by atoms with Crippen LogP contribution in [0.1, 0.15) is 49.9 Å². The van der Waals surface area contributed by atoms with Gasteiger partial charge in [0.05, 0.1) is 11.4 Å². The van der Waals surface area contributed by atoms with Crippen LogP contribution in [-0.2, 0) is 10.8 Å². The lowest BCUT2D eigenvalue weighted by atomic mass is 9.81. The zero-order valence-electron chi connectivity index (χ0n) is 41.6. The Bertz CT molecular complexity index is 4090. The van der Waals surface area contributed by atoms with Gasteiger partial charge in [-0.05, 0) is 158 Å². The van der Waals surface area contributed by atoms with E-state index in [1.807, 2.05) is 0 Å². The highest BCUT2D eigenvalue weighted by Crippen LogP contribution is 2.52. The molecule has 0 bridgehead atoms. The highest BCUT2D eigenvalue weighted by Gasteiger charge is 2.36. The maximum absolute atomic E-state index is 2.45. The van der Waals surface area contributed by atoms with Crippen LogP contribution in [0.2, 0.25) is 0 Å². The average Bonchev–Trinajstić information content (AvgIpc) is 4.06. The van der Waals surface area contributed by atoms with E-state index in [4.69, 9.17) is 0 Å². The van der Waals surface area contributed by atoms with E-state index in [1.54, 1.807) is 0 Å². The van der Waals surface area contributed by atoms with Crippen molar-refractivity contribution in [1.29, 1.82) is 0 Å². The van der Waals surface area contributed by atoms with E-state index in [9.17, 15) is 0 Å². The van der Waals surface area contributed by atoms with Crippen LogP contribution in [0.5, 0.6) is 0 Å². The molecule has 0 radical (unpaired) electrons. The minimum absolute atomic E-state index is 0.0585. The van der Waals surface area contributed by atoms with Crippen molar-refractivity contribution in [2.24, 2.45) is 0 Å². The number of aromatic nitrogens is 1. The third-order valence-electron chi connectivity index (χ3n) is 16.5. The molecule has 0 atom stereocenters. The van der Waals surface area contributed by atoms with Crippen LogP contribution < -0.4 is 0 Å². The number of benzene rings is 11. The topological polar surface area (TPSA) is 4.93 Å². The van der Waals surface area contributed by atoms with Crippen molar-refractivity contribution in [3.05, 3.63) is 271 Å². The van der Waals surface area contributed by atoms with Crippen LogP contribution in [0.3, 0.4) is 0 Å². The van der Waals surface area contributed by atoms with Crippen LogP contribution in [-0.4, -0.2) is 4.57 Å². The molecule has 0 saturated carbocycles. The monoisotopic (exact) mass is 931 g/mol. The summed E-state index contributed by atoms with van der Waals surface area (Å²) in [4.78, 5) is 0. The van der Waals surface area contributed by atoms with Crippen LogP contribution in [0.15, 0.2) is 249 Å². The first kappa shape index (κ1) is 43.0. The SMILES string of the molecule is CC1(C)c2ccccc2-c2ccc(-c3ccc(-c4c5ccccc5c(-c5ccc(-c6ccc7c(c6)C(C)(C)c6ccccc6-7)cc5)c5cc(-n6c(-c7ccccc7)ccc6-c6ccccc6)ccc45)cc3)cc21. The van der Waals surface area contributed by atoms with Crippen molar-refractivity contribution in [2.45, 2.75) is 38.5 Å². The van der Waals surface area contributed by atoms with Crippen LogP contribution in [0.4, 0.5) is 0 Å². The van der Waals surface area contributed by atoms with Crippen molar-refractivity contribution in [2.75, 3.05) is 0 Å². The highest BCUT2D eigenvalue weighted by atomic mass is 15.0. The number of rotatable bonds is 7. The standard InChI is InChI=1S/C72H53N/c1-71(2)63-25-15-13-21-55(63)57-38-35-52(43-65(57)71)46-27-31-50(32-28-46)69-59-23-11-12-24-60(59)70(51-33-29-47(30-34-51)53-36-39-58-56-22-14-16-26-64(56)72(3,4)66(58)44-53)62-45-54(37-40-61(62)69)73-67(48-17-7-5-8-18-48)41-42-68(73)49-19-9-6-10-20-49/h5-45H,1-4H3. The quantitative estimate of drug-likeness (QED) is 0.140. The van der Waals surface area contributed by atoms with Crippen LogP contribution >= 0.6 is 0 Å². The summed E-state index contributed by atoms with van der Waals surface area (Å²) in [6, 6.07) is 92.9. The molecule has 14 rings (SSSR count). The number of hydrogen-bond donors (Lipinski definition) is 0. The van der Waals surface area contributed by atoms with Gasteiger partial charge in [-0.1, -0.05) is 240 Å². The Labute approximate surface area is 428 Å². The van der Waals surface area contributed by atoms with Gasteiger partial charge in [-0.3, -0.25) is 0 Å². The Morgan fingerprint density at radius 3 is 1.10 bits per heavy atom. The zero-order chi connectivity index (χ0) is 49.0. The summed E-state index contributed by atoms with van der Waals surface area (Å²) >= 11 is 0. The molecule has 12 aromatic rings. The molecule has 0 fully saturated rings. The number of nitrogens with zero attached hydrogens (tertiary/aromatic N) is 1. The van der Waals surface area contributed by atoms with E-state index in [2.05, 4.69) is 281 Å². The molecule has 2 aliphatic rings. The van der Waals surface area contributed by atoms with E-state index in [1.165, 1.54) is 122 Å². The lowest BCUT2D eigenvalue weighted by molar-refractivity contribution is 0.660. The van der Waals surface area contributed by atoms with Gasteiger partial charge in [0, 0.05) is 16.5 Å². The second kappa shape index (κ2) is 16.4. The van der Waals surface area contributed by atoms with Gasteiger partial charge < -0.3 is 4.57 Å². The largest absolute Gasteiger partial charge is 0.309 e. The zero-order valence-corrected chi connectivity index (χ0v) is 41.6. The van der Waals surface area contributed by atoms with Gasteiger partial charge in [-0.2, -0.15) is 0 Å². The predicted octanol–water partition coefficient (Wildman–Crippen LogP) is 19.4. The highest BCUT2D eigenvalue weighted by molar-refractivity contribution is 6.22. The van der Waals surface area contributed by atoms with Crippen molar-refractivity contribution in [1.82, 2.24) is 4.57 Å². The van der Waals surface area contributed by atoms with Gasteiger partial charge in [0.15, 0.2) is 0 Å². The first-order valence-electron chi connectivity index (χ1n) is 25.7. The normalized spacial score (nSPS) is 13.7. The fourth-order valence-corrected chi connectivity index (χ4v) is 12.7. The molecule has 2 aliphatic carbocycles. The van der Waals surface area contributed by atoms with Gasteiger partial charge in [-0.15, -0.1) is 0 Å². The Balaban J connectivity index is 0.945. The second-order valence-electron chi connectivity index (χ2n) is 21.2. The van der Waals surface area contributed by atoms with Crippen molar-refractivity contribution in [3.63, 3.8) is 0 Å². The molecule has 0 spiro atoms. The maximum atomic E-state index is 2.45. The molecular formula is C72H53N. The van der Waals surface area contributed by atoms with E-state index in [0.29, 0.717) is 0 Å². The molecule has 1 heterocycles. The molecule has 0 unspecified atom stereocenters. The summed E-state index contributed by atoms with van der Waals surface area (Å²) in [6.45, 7) is 9.44. The summed E-state index contributed by atoms with van der Waals surface area (Å²) in [6.07, 6.45) is 0. The van der Waals surface area contributed by atoms with Gasteiger partial charge in [-0.25, -0.2) is 0 Å². The van der Waals surface area contributed by atoms with Crippen molar-refractivity contribution in [3.8, 4) is 95.0 Å². The molecule has 346 valence electrons. The Kier molecular flexibility index (Phi) is 9.66. The Morgan fingerprint density at radius 1 is 0.247 bits per heavy atom. The lowest BCUT2D eigenvalue weighted by Crippen LogP contribution is -2.14. The average molecular weight is 932 g/mol. The lowest BCUT2D eigenvalue weighted by Gasteiger charge is -2.22. The molecule has 0 N–H and O–H groups in total. The fraction of sp³-hybridized carbons (Fsp3) is 0.0833. The molecule has 0 amide bonds. The minimum atomic E-state index is -0.0635. The van der Waals surface area contributed by atoms with Crippen molar-refractivity contribution >= 4 is 21.5 Å². The molecule has 1 aromatic heterocycles. The van der Waals surface area contributed by atoms with Crippen LogP contribution in [0, 0.1) is 0 Å². The van der Waals surface area contributed by atoms with Crippen molar-refractivity contribution < 1.29 is 0 Å². The maximum Gasteiger partial charge on any atom is 0.0535 e. The molecular weight excluding hydrogens is 879 g/mol. The Morgan fingerprint density at radius 2 is 0.616 bits per heavy atom. The Hall–Kier alpha value is -8.78. The van der Waals surface area contributed by atoms with E-state index in [-0.39, 0.29) is 10.8 Å². The van der Waals surface area contributed by atoms with E-state index >= 15 is 0 Å². The van der Waals surface area contributed by atoms with Gasteiger partial charge in [0.25, 0.3) is 0 Å². The first-order valence-corrected chi connectivity index (χ1v) is 25.7. The summed E-state index contributed by atoms with van der Waals surface area (Å²) in [7, 11) is 0. The van der Waals surface area contributed by atoms with E-state index < -0.39 is 0 Å². The molecule has 0 saturated heterocycles. The fourth-order valence-electron chi connectivity index (χ4n) is 12.7. The minimum Gasteiger partial charge on any atom is -0.309 e. The third-order valence-corrected chi connectivity index (χ3v) is 16.5. The summed E-state index contributed by atoms with van der Waals surface area (Å²) < 4.78 is 2.45. The molecule has 1 nitrogen and oxygen atoms in total.